The molecule has 2 heterocycles. The van der Waals surface area contributed by atoms with Crippen LogP contribution in [0.25, 0.3) is 5.76 Å². The molecule has 1 amide bonds. The van der Waals surface area contributed by atoms with Crippen molar-refractivity contribution in [3.63, 3.8) is 0 Å². The van der Waals surface area contributed by atoms with Gasteiger partial charge < -0.3 is 24.4 Å². The Morgan fingerprint density at radius 3 is 2.56 bits per heavy atom. The first-order valence-corrected chi connectivity index (χ1v) is 11.0. The van der Waals surface area contributed by atoms with Crippen molar-refractivity contribution in [2.75, 3.05) is 46.5 Å². The number of amides is 1. The van der Waals surface area contributed by atoms with Gasteiger partial charge in [-0.25, -0.2) is 0 Å². The van der Waals surface area contributed by atoms with Gasteiger partial charge in [-0.3, -0.25) is 9.59 Å². The third-order valence-electron chi connectivity index (χ3n) is 5.96. The van der Waals surface area contributed by atoms with Gasteiger partial charge in [0.2, 0.25) is 5.78 Å². The van der Waals surface area contributed by atoms with Crippen LogP contribution in [0.3, 0.4) is 0 Å². The average Bonchev–Trinajstić information content (AvgIpc) is 3.08. The predicted octanol–water partition coefficient (Wildman–Crippen LogP) is 0.488. The number of rotatable bonds is 6. The molecule has 4 rings (SSSR count). The number of quaternary nitrogens is 1. The Hall–Kier alpha value is -2.87. The van der Waals surface area contributed by atoms with E-state index in [1.165, 1.54) is 23.0 Å². The van der Waals surface area contributed by atoms with Crippen molar-refractivity contribution in [2.24, 2.45) is 0 Å². The molecule has 2 aromatic carbocycles. The maximum atomic E-state index is 13.4. The van der Waals surface area contributed by atoms with Crippen molar-refractivity contribution >= 4 is 29.1 Å². The summed E-state index contributed by atoms with van der Waals surface area (Å²) in [6.45, 7) is 4.12. The Kier molecular flexibility index (Phi) is 6.79. The molecule has 0 bridgehead atoms. The number of carbonyl (C=O) groups excluding carboxylic acids is 2. The molecule has 8 heteroatoms. The lowest BCUT2D eigenvalue weighted by Crippen LogP contribution is -3.14. The zero-order valence-corrected chi connectivity index (χ0v) is 18.6. The number of nitrogens with one attached hydrogen (secondary N) is 1. The summed E-state index contributed by atoms with van der Waals surface area (Å²) in [5.74, 6) is -1.47. The maximum absolute atomic E-state index is 13.4. The van der Waals surface area contributed by atoms with Gasteiger partial charge in [0.05, 0.1) is 44.5 Å². The highest BCUT2D eigenvalue weighted by atomic mass is 35.5. The molecule has 7 nitrogen and oxygen atoms in total. The number of likely N-dealkylation sites (tertiary alicyclic amines) is 1. The second-order valence-corrected chi connectivity index (χ2v) is 8.25. The van der Waals surface area contributed by atoms with Crippen molar-refractivity contribution in [3.8, 4) is 5.75 Å². The van der Waals surface area contributed by atoms with Crippen LogP contribution in [0, 0.1) is 0 Å². The monoisotopic (exact) mass is 456 g/mol. The van der Waals surface area contributed by atoms with E-state index in [9.17, 15) is 14.7 Å². The van der Waals surface area contributed by atoms with Gasteiger partial charge in [-0.05, 0) is 23.3 Å². The van der Waals surface area contributed by atoms with Gasteiger partial charge in [-0.15, -0.1) is 0 Å². The van der Waals surface area contributed by atoms with Gasteiger partial charge in [0.1, 0.15) is 18.8 Å². The van der Waals surface area contributed by atoms with Gasteiger partial charge in [0.25, 0.3) is 5.91 Å². The van der Waals surface area contributed by atoms with E-state index in [1.807, 2.05) is 30.3 Å². The molecule has 0 aromatic heterocycles. The molecule has 1 unspecified atom stereocenters. The Morgan fingerprint density at radius 2 is 1.91 bits per heavy atom. The Morgan fingerprint density at radius 1 is 1.19 bits per heavy atom. The fourth-order valence-electron chi connectivity index (χ4n) is 4.23. The number of carbonyl (C=O) groups is 2. The van der Waals surface area contributed by atoms with Crippen molar-refractivity contribution in [1.29, 1.82) is 0 Å². The van der Waals surface area contributed by atoms with Crippen molar-refractivity contribution < 1.29 is 29.1 Å². The third-order valence-corrected chi connectivity index (χ3v) is 6.26. The second-order valence-electron chi connectivity index (χ2n) is 7.85. The molecule has 0 radical (unpaired) electrons. The van der Waals surface area contributed by atoms with Gasteiger partial charge >= 0.3 is 0 Å². The van der Waals surface area contributed by atoms with Crippen molar-refractivity contribution in [1.82, 2.24) is 4.90 Å². The van der Waals surface area contributed by atoms with Crippen LogP contribution in [0.4, 0.5) is 0 Å². The first-order chi connectivity index (χ1) is 15.5. The molecule has 32 heavy (non-hydrogen) atoms. The van der Waals surface area contributed by atoms with E-state index in [0.717, 1.165) is 18.7 Å². The average molecular weight is 457 g/mol. The summed E-state index contributed by atoms with van der Waals surface area (Å²) in [6.07, 6.45) is 0. The highest BCUT2D eigenvalue weighted by molar-refractivity contribution is 6.46. The molecule has 0 aliphatic carbocycles. The smallest absolute Gasteiger partial charge is 0.295 e. The Bertz CT molecular complexity index is 1030. The summed E-state index contributed by atoms with van der Waals surface area (Å²) >= 11 is 6.20. The van der Waals surface area contributed by atoms with E-state index in [-0.39, 0.29) is 16.2 Å². The highest BCUT2D eigenvalue weighted by Gasteiger charge is 2.44. The van der Waals surface area contributed by atoms with E-state index >= 15 is 0 Å². The molecular weight excluding hydrogens is 432 g/mol. The lowest BCUT2D eigenvalue weighted by atomic mass is 9.95. The van der Waals surface area contributed by atoms with E-state index in [2.05, 4.69) is 0 Å². The number of benzene rings is 2. The van der Waals surface area contributed by atoms with Crippen molar-refractivity contribution in [3.05, 3.63) is 70.3 Å². The first kappa shape index (κ1) is 22.3. The second kappa shape index (κ2) is 9.73. The summed E-state index contributed by atoms with van der Waals surface area (Å²) in [7, 11) is 1.48. The lowest BCUT2D eigenvalue weighted by molar-refractivity contribution is -0.907. The number of nitrogens with zero attached hydrogens (tertiary/aromatic N) is 1. The van der Waals surface area contributed by atoms with Gasteiger partial charge in [-0.1, -0.05) is 53.8 Å². The normalized spacial score (nSPS) is 21.2. The SMILES string of the molecule is COc1ccc(/C([O-])=C2\C(=O)C(=O)N(CC[NH+]3CCOCC3)C2c2ccccc2)cc1Cl. The van der Waals surface area contributed by atoms with Crippen LogP contribution in [-0.2, 0) is 14.3 Å². The summed E-state index contributed by atoms with van der Waals surface area (Å²) in [6, 6.07) is 13.1. The number of ether oxygens (including phenoxy) is 2. The quantitative estimate of drug-likeness (QED) is 0.388. The molecule has 2 aliphatic heterocycles. The standard InChI is InChI=1S/C24H25ClN2O5/c1-31-19-8-7-17(15-18(19)25)22(28)20-21(16-5-3-2-4-6-16)27(24(30)23(20)29)10-9-26-11-13-32-14-12-26/h2-8,15,21,28H,9-14H2,1H3/b22-20+. The largest absolute Gasteiger partial charge is 0.872 e. The molecule has 2 fully saturated rings. The van der Waals surface area contributed by atoms with Crippen LogP contribution < -0.4 is 14.7 Å². The summed E-state index contributed by atoms with van der Waals surface area (Å²) in [5, 5.41) is 13.7. The Balaban J connectivity index is 1.72. The first-order valence-electron chi connectivity index (χ1n) is 10.6. The predicted molar refractivity (Wildman–Crippen MR) is 117 cm³/mol. The number of hydrogen-bond donors (Lipinski definition) is 1. The fraction of sp³-hybridized carbons (Fsp3) is 0.333. The number of halogens is 1. The number of methoxy groups -OCH3 is 1. The van der Waals surface area contributed by atoms with Gasteiger partial charge in [0.15, 0.2) is 0 Å². The van der Waals surface area contributed by atoms with Crippen LogP contribution >= 0.6 is 11.6 Å². The van der Waals surface area contributed by atoms with E-state index in [0.29, 0.717) is 32.1 Å². The minimum atomic E-state index is -0.757. The van der Waals surface area contributed by atoms with Gasteiger partial charge in [-0.2, -0.15) is 0 Å². The molecule has 2 aromatic rings. The van der Waals surface area contributed by atoms with Crippen LogP contribution in [0.1, 0.15) is 17.2 Å². The highest BCUT2D eigenvalue weighted by Crippen LogP contribution is 2.39. The zero-order chi connectivity index (χ0) is 22.7. The van der Waals surface area contributed by atoms with Crippen LogP contribution in [0.15, 0.2) is 54.1 Å². The summed E-state index contributed by atoms with van der Waals surface area (Å²) in [5.41, 5.74) is 0.930. The number of morpholine rings is 1. The van der Waals surface area contributed by atoms with Crippen LogP contribution in [0.2, 0.25) is 5.02 Å². The molecule has 1 atom stereocenters. The minimum Gasteiger partial charge on any atom is -0.872 e. The number of ketones is 1. The van der Waals surface area contributed by atoms with Crippen molar-refractivity contribution in [2.45, 2.75) is 6.04 Å². The fourth-order valence-corrected chi connectivity index (χ4v) is 4.49. The third kappa shape index (κ3) is 4.37. The van der Waals surface area contributed by atoms with E-state index in [1.54, 1.807) is 12.1 Å². The maximum Gasteiger partial charge on any atom is 0.295 e. The topological polar surface area (TPSA) is 83.3 Å². The van der Waals surface area contributed by atoms with E-state index < -0.39 is 23.5 Å². The minimum absolute atomic E-state index is 0.0422. The van der Waals surface area contributed by atoms with E-state index in [4.69, 9.17) is 21.1 Å². The molecule has 2 saturated heterocycles. The van der Waals surface area contributed by atoms with Crippen LogP contribution in [-0.4, -0.2) is 63.1 Å². The summed E-state index contributed by atoms with van der Waals surface area (Å²) in [4.78, 5) is 28.9. The molecule has 2 aliphatic rings. The number of hydrogen-bond acceptors (Lipinski definition) is 5. The molecule has 1 N–H and O–H groups in total. The molecule has 168 valence electrons. The van der Waals surface area contributed by atoms with Crippen LogP contribution in [0.5, 0.6) is 5.75 Å². The summed E-state index contributed by atoms with van der Waals surface area (Å²) < 4.78 is 10.5. The molecular formula is C24H25ClN2O5. The molecule has 0 spiro atoms. The zero-order valence-electron chi connectivity index (χ0n) is 17.8. The molecule has 0 saturated carbocycles. The van der Waals surface area contributed by atoms with Gasteiger partial charge in [0, 0.05) is 5.57 Å². The Labute approximate surface area is 191 Å². The number of Topliss-reactive ketones (excluding diaryl/α,β-unsaturated/α-hetero) is 1. The lowest BCUT2D eigenvalue weighted by Gasteiger charge is -2.30.